The molecule has 1 fully saturated rings. The van der Waals surface area contributed by atoms with Gasteiger partial charge in [0.25, 0.3) is 5.91 Å². The molecular weight excluding hydrogens is 359 g/mol. The Hall–Kier alpha value is -3.32. The van der Waals surface area contributed by atoms with E-state index in [9.17, 15) is 14.3 Å². The van der Waals surface area contributed by atoms with Crippen molar-refractivity contribution in [2.24, 2.45) is 0 Å². The molecule has 0 saturated carbocycles. The van der Waals surface area contributed by atoms with Crippen LogP contribution in [0.5, 0.6) is 0 Å². The zero-order valence-electron chi connectivity index (χ0n) is 15.0. The lowest BCUT2D eigenvalue weighted by Gasteiger charge is -2.18. The number of aromatic nitrogens is 2. The Labute approximate surface area is 161 Å². The lowest BCUT2D eigenvalue weighted by Crippen LogP contribution is -2.29. The molecule has 1 aliphatic heterocycles. The third kappa shape index (κ3) is 3.44. The van der Waals surface area contributed by atoms with E-state index in [0.29, 0.717) is 47.3 Å². The average molecular weight is 378 g/mol. The van der Waals surface area contributed by atoms with E-state index in [0.717, 1.165) is 0 Å². The molecule has 6 nitrogen and oxygen atoms in total. The van der Waals surface area contributed by atoms with Gasteiger partial charge in [-0.3, -0.25) is 4.79 Å². The standard InChI is InChI=1S/C21H19FN4O2/c22-19-9-13(5-6-17(19)14-10-24-21(23)25-11-14)16-3-1-2-4-18(16)20(28)26-8-7-15(27)12-26/h1-6,9-11,15,27H,7-8,12H2,(H2,23,24,25)/t15-/m1/s1. The van der Waals surface area contributed by atoms with Crippen LogP contribution in [0.2, 0.25) is 0 Å². The molecule has 1 amide bonds. The lowest BCUT2D eigenvalue weighted by atomic mass is 9.96. The van der Waals surface area contributed by atoms with Crippen LogP contribution in [-0.4, -0.2) is 45.1 Å². The Morgan fingerprint density at radius 2 is 1.86 bits per heavy atom. The highest BCUT2D eigenvalue weighted by Gasteiger charge is 2.27. The van der Waals surface area contributed by atoms with Gasteiger partial charge in [0.2, 0.25) is 5.95 Å². The molecule has 2 heterocycles. The molecule has 3 N–H and O–H groups in total. The summed E-state index contributed by atoms with van der Waals surface area (Å²) in [5.41, 5.74) is 8.09. The number of nitrogens with zero attached hydrogens (tertiary/aromatic N) is 3. The third-order valence-electron chi connectivity index (χ3n) is 4.87. The summed E-state index contributed by atoms with van der Waals surface area (Å²) in [6.45, 7) is 0.830. The predicted octanol–water partition coefficient (Wildman–Crippen LogP) is 2.74. The maximum atomic E-state index is 14.8. The fourth-order valence-corrected chi connectivity index (χ4v) is 3.41. The summed E-state index contributed by atoms with van der Waals surface area (Å²) in [7, 11) is 0. The van der Waals surface area contributed by atoms with Crippen LogP contribution >= 0.6 is 0 Å². The van der Waals surface area contributed by atoms with Crippen LogP contribution < -0.4 is 5.73 Å². The van der Waals surface area contributed by atoms with Gasteiger partial charge >= 0.3 is 0 Å². The van der Waals surface area contributed by atoms with Crippen molar-refractivity contribution in [3.8, 4) is 22.3 Å². The minimum atomic E-state index is -0.491. The molecular formula is C21H19FN4O2. The van der Waals surface area contributed by atoms with E-state index in [4.69, 9.17) is 5.73 Å². The van der Waals surface area contributed by atoms with Crippen molar-refractivity contribution in [2.45, 2.75) is 12.5 Å². The number of benzene rings is 2. The molecule has 142 valence electrons. The smallest absolute Gasteiger partial charge is 0.254 e. The minimum absolute atomic E-state index is 0.125. The molecule has 0 aliphatic carbocycles. The molecule has 2 aromatic carbocycles. The zero-order chi connectivity index (χ0) is 19.7. The van der Waals surface area contributed by atoms with Gasteiger partial charge < -0.3 is 15.7 Å². The van der Waals surface area contributed by atoms with Crippen LogP contribution in [0.3, 0.4) is 0 Å². The van der Waals surface area contributed by atoms with Crippen LogP contribution in [0, 0.1) is 5.82 Å². The summed E-state index contributed by atoms with van der Waals surface area (Å²) < 4.78 is 14.8. The van der Waals surface area contributed by atoms with Crippen LogP contribution in [0.25, 0.3) is 22.3 Å². The molecule has 0 spiro atoms. The molecule has 7 heteroatoms. The van der Waals surface area contributed by atoms with Gasteiger partial charge in [-0.1, -0.05) is 30.3 Å². The summed E-state index contributed by atoms with van der Waals surface area (Å²) in [5, 5.41) is 9.71. The number of β-amino-alcohol motifs (C(OH)–C–C–N with tert-alkyl or cyclic N) is 1. The summed E-state index contributed by atoms with van der Waals surface area (Å²) in [4.78, 5) is 22.3. The van der Waals surface area contributed by atoms with E-state index in [1.807, 2.05) is 6.07 Å². The molecule has 0 bridgehead atoms. The fourth-order valence-electron chi connectivity index (χ4n) is 3.41. The molecule has 0 unspecified atom stereocenters. The first-order chi connectivity index (χ1) is 13.5. The van der Waals surface area contributed by atoms with Gasteiger partial charge in [0, 0.05) is 42.2 Å². The largest absolute Gasteiger partial charge is 0.391 e. The van der Waals surface area contributed by atoms with E-state index in [-0.39, 0.29) is 11.9 Å². The second-order valence-corrected chi connectivity index (χ2v) is 6.76. The lowest BCUT2D eigenvalue weighted by molar-refractivity contribution is 0.0765. The monoisotopic (exact) mass is 378 g/mol. The van der Waals surface area contributed by atoms with Crippen molar-refractivity contribution in [1.82, 2.24) is 14.9 Å². The number of rotatable bonds is 3. The van der Waals surface area contributed by atoms with E-state index in [1.165, 1.54) is 18.5 Å². The SMILES string of the molecule is Nc1ncc(-c2ccc(-c3ccccc3C(=O)N3CC[C@@H](O)C3)cc2F)cn1. The second-order valence-electron chi connectivity index (χ2n) is 6.76. The van der Waals surface area contributed by atoms with Crippen LogP contribution in [0.1, 0.15) is 16.8 Å². The van der Waals surface area contributed by atoms with Crippen LogP contribution in [0.4, 0.5) is 10.3 Å². The summed E-state index contributed by atoms with van der Waals surface area (Å²) in [6.07, 6.45) is 3.02. The predicted molar refractivity (Wildman–Crippen MR) is 104 cm³/mol. The van der Waals surface area contributed by atoms with Gasteiger partial charge in [-0.2, -0.15) is 0 Å². The van der Waals surface area contributed by atoms with Crippen molar-refractivity contribution in [1.29, 1.82) is 0 Å². The number of amides is 1. The van der Waals surface area contributed by atoms with Gasteiger partial charge in [-0.25, -0.2) is 14.4 Å². The van der Waals surface area contributed by atoms with Gasteiger partial charge in [0.05, 0.1) is 6.10 Å². The molecule has 3 aromatic rings. The fraction of sp³-hybridized carbons (Fsp3) is 0.190. The molecule has 1 aromatic heterocycles. The summed E-state index contributed by atoms with van der Waals surface area (Å²) in [6, 6.07) is 11.9. The Morgan fingerprint density at radius 1 is 1.11 bits per heavy atom. The maximum Gasteiger partial charge on any atom is 0.254 e. The molecule has 1 atom stereocenters. The van der Waals surface area contributed by atoms with E-state index in [1.54, 1.807) is 35.2 Å². The van der Waals surface area contributed by atoms with Gasteiger partial charge in [-0.15, -0.1) is 0 Å². The van der Waals surface area contributed by atoms with E-state index in [2.05, 4.69) is 9.97 Å². The highest BCUT2D eigenvalue weighted by Crippen LogP contribution is 2.30. The van der Waals surface area contributed by atoms with Gasteiger partial charge in [0.15, 0.2) is 0 Å². The number of nitrogen functional groups attached to an aromatic ring is 1. The Kier molecular flexibility index (Phi) is 4.75. The molecule has 28 heavy (non-hydrogen) atoms. The van der Waals surface area contributed by atoms with Gasteiger partial charge in [0.1, 0.15) is 5.82 Å². The van der Waals surface area contributed by atoms with Crippen LogP contribution in [-0.2, 0) is 0 Å². The molecule has 0 radical (unpaired) electrons. The number of carbonyl (C=O) groups excluding carboxylic acids is 1. The minimum Gasteiger partial charge on any atom is -0.391 e. The Morgan fingerprint density at radius 3 is 2.54 bits per heavy atom. The van der Waals surface area contributed by atoms with E-state index >= 15 is 0 Å². The molecule has 4 rings (SSSR count). The number of hydrogen-bond donors (Lipinski definition) is 2. The number of anilines is 1. The van der Waals surface area contributed by atoms with Crippen molar-refractivity contribution >= 4 is 11.9 Å². The highest BCUT2D eigenvalue weighted by atomic mass is 19.1. The Bertz CT molecular complexity index is 1020. The van der Waals surface area contributed by atoms with Crippen molar-refractivity contribution in [3.05, 3.63) is 66.2 Å². The number of nitrogens with two attached hydrogens (primary N) is 1. The number of carbonyl (C=O) groups is 1. The third-order valence-corrected chi connectivity index (χ3v) is 4.87. The summed E-state index contributed by atoms with van der Waals surface area (Å²) >= 11 is 0. The number of hydrogen-bond acceptors (Lipinski definition) is 5. The molecule has 1 aliphatic rings. The topological polar surface area (TPSA) is 92.3 Å². The quantitative estimate of drug-likeness (QED) is 0.731. The van der Waals surface area contributed by atoms with Crippen LogP contribution in [0.15, 0.2) is 54.9 Å². The van der Waals surface area contributed by atoms with Crippen molar-refractivity contribution in [2.75, 3.05) is 18.8 Å². The first-order valence-corrected chi connectivity index (χ1v) is 8.97. The first-order valence-electron chi connectivity index (χ1n) is 8.97. The number of likely N-dealkylation sites (tertiary alicyclic amines) is 1. The Balaban J connectivity index is 1.69. The van der Waals surface area contributed by atoms with Gasteiger partial charge in [-0.05, 0) is 29.7 Å². The highest BCUT2D eigenvalue weighted by molar-refractivity contribution is 6.01. The van der Waals surface area contributed by atoms with Crippen molar-refractivity contribution < 1.29 is 14.3 Å². The number of aliphatic hydroxyl groups is 1. The first kappa shape index (κ1) is 18.1. The summed E-state index contributed by atoms with van der Waals surface area (Å²) in [5.74, 6) is -0.478. The second kappa shape index (κ2) is 7.36. The number of aliphatic hydroxyl groups excluding tert-OH is 1. The van der Waals surface area contributed by atoms with E-state index < -0.39 is 11.9 Å². The zero-order valence-corrected chi connectivity index (χ0v) is 15.0. The average Bonchev–Trinajstić information content (AvgIpc) is 3.14. The normalized spacial score (nSPS) is 16.4. The molecule has 1 saturated heterocycles. The number of halogens is 1. The maximum absolute atomic E-state index is 14.8. The van der Waals surface area contributed by atoms with Crippen molar-refractivity contribution in [3.63, 3.8) is 0 Å².